The molecule has 1 nitrogen and oxygen atoms in total. The van der Waals surface area contributed by atoms with Crippen molar-refractivity contribution < 1.29 is 0 Å². The Morgan fingerprint density at radius 1 is 1.64 bits per heavy atom. The van der Waals surface area contributed by atoms with Gasteiger partial charge in [-0.05, 0) is 12.5 Å². The highest BCUT2D eigenvalue weighted by Crippen LogP contribution is 2.00. The van der Waals surface area contributed by atoms with Crippen LogP contribution in [0, 0.1) is 0 Å². The van der Waals surface area contributed by atoms with Crippen LogP contribution in [0.25, 0.3) is 0 Å². The molecule has 0 saturated heterocycles. The average Bonchev–Trinajstić information content (AvgIpc) is 2.03. The second-order valence-corrected chi connectivity index (χ2v) is 2.48. The summed E-state index contributed by atoms with van der Waals surface area (Å²) in [6.45, 7) is 5.95. The van der Waals surface area contributed by atoms with Crippen molar-refractivity contribution in [3.05, 3.63) is 36.5 Å². The minimum absolute atomic E-state index is 0.416. The Morgan fingerprint density at radius 3 is 2.64 bits per heavy atom. The van der Waals surface area contributed by atoms with Gasteiger partial charge in [0.25, 0.3) is 0 Å². The molecule has 0 bridgehead atoms. The SMILES string of the molecule is C=C/C=C(\C=C/C)C(=S)CN. The molecule has 0 radical (unpaired) electrons. The first-order valence-electron chi connectivity index (χ1n) is 3.45. The van der Waals surface area contributed by atoms with Gasteiger partial charge in [0.1, 0.15) is 0 Å². The third kappa shape index (κ3) is 3.86. The third-order valence-electron chi connectivity index (χ3n) is 1.15. The molecule has 0 aliphatic carbocycles. The Hall–Kier alpha value is -0.730. The van der Waals surface area contributed by atoms with Gasteiger partial charge in [0, 0.05) is 11.4 Å². The molecule has 0 aliphatic heterocycles. The van der Waals surface area contributed by atoms with E-state index in [0.717, 1.165) is 10.4 Å². The molecule has 2 N–H and O–H groups in total. The quantitative estimate of drug-likeness (QED) is 0.394. The number of rotatable bonds is 4. The summed E-state index contributed by atoms with van der Waals surface area (Å²) in [6, 6.07) is 0. The predicted octanol–water partition coefficient (Wildman–Crippen LogP) is 2.00. The molecule has 2 heteroatoms. The summed E-state index contributed by atoms with van der Waals surface area (Å²) in [5, 5.41) is 0. The van der Waals surface area contributed by atoms with Crippen LogP contribution in [-0.2, 0) is 0 Å². The van der Waals surface area contributed by atoms with Crippen molar-refractivity contribution in [3.8, 4) is 0 Å². The van der Waals surface area contributed by atoms with E-state index in [-0.39, 0.29) is 0 Å². The maximum Gasteiger partial charge on any atom is 0.0360 e. The number of nitrogens with two attached hydrogens (primary N) is 1. The lowest BCUT2D eigenvalue weighted by molar-refractivity contribution is 1.33. The van der Waals surface area contributed by atoms with E-state index in [1.807, 2.05) is 25.2 Å². The highest BCUT2D eigenvalue weighted by Gasteiger charge is 1.95. The smallest absolute Gasteiger partial charge is 0.0360 e. The fourth-order valence-corrected chi connectivity index (χ4v) is 0.802. The highest BCUT2D eigenvalue weighted by atomic mass is 32.1. The Morgan fingerprint density at radius 2 is 2.27 bits per heavy atom. The van der Waals surface area contributed by atoms with Crippen LogP contribution in [-0.4, -0.2) is 11.4 Å². The van der Waals surface area contributed by atoms with Gasteiger partial charge < -0.3 is 5.73 Å². The van der Waals surface area contributed by atoms with Crippen LogP contribution in [0.2, 0.25) is 0 Å². The lowest BCUT2D eigenvalue weighted by Gasteiger charge is -1.98. The first kappa shape index (κ1) is 10.3. The van der Waals surface area contributed by atoms with Crippen LogP contribution in [0.1, 0.15) is 6.92 Å². The van der Waals surface area contributed by atoms with Crippen LogP contribution < -0.4 is 5.73 Å². The second-order valence-electron chi connectivity index (χ2n) is 1.99. The van der Waals surface area contributed by atoms with Crippen molar-refractivity contribution in [1.29, 1.82) is 0 Å². The molecular formula is C9H13NS. The van der Waals surface area contributed by atoms with Gasteiger partial charge in [0.15, 0.2) is 0 Å². The van der Waals surface area contributed by atoms with Crippen molar-refractivity contribution in [1.82, 2.24) is 0 Å². The molecule has 0 unspecified atom stereocenters. The lowest BCUT2D eigenvalue weighted by Crippen LogP contribution is -2.12. The van der Waals surface area contributed by atoms with E-state index in [4.69, 9.17) is 18.0 Å². The van der Waals surface area contributed by atoms with Crippen molar-refractivity contribution in [2.45, 2.75) is 6.92 Å². The van der Waals surface area contributed by atoms with E-state index >= 15 is 0 Å². The summed E-state index contributed by atoms with van der Waals surface area (Å²) in [5.41, 5.74) is 6.36. The first-order chi connectivity index (χ1) is 5.26. The molecule has 0 spiro atoms. The van der Waals surface area contributed by atoms with E-state index in [1.54, 1.807) is 6.08 Å². The summed E-state index contributed by atoms with van der Waals surface area (Å²) < 4.78 is 0. The number of allylic oxidation sites excluding steroid dienone is 4. The molecule has 11 heavy (non-hydrogen) atoms. The van der Waals surface area contributed by atoms with Crippen molar-refractivity contribution >= 4 is 17.1 Å². The Balaban J connectivity index is 4.46. The molecule has 0 heterocycles. The molecule has 0 aromatic rings. The van der Waals surface area contributed by atoms with Gasteiger partial charge in [-0.2, -0.15) is 0 Å². The summed E-state index contributed by atoms with van der Waals surface area (Å²) in [7, 11) is 0. The minimum Gasteiger partial charge on any atom is -0.326 e. The van der Waals surface area contributed by atoms with E-state index < -0.39 is 0 Å². The molecule has 0 amide bonds. The van der Waals surface area contributed by atoms with Crippen LogP contribution in [0.4, 0.5) is 0 Å². The summed E-state index contributed by atoms with van der Waals surface area (Å²) >= 11 is 5.02. The van der Waals surface area contributed by atoms with Gasteiger partial charge in [-0.3, -0.25) is 0 Å². The summed E-state index contributed by atoms with van der Waals surface area (Å²) in [6.07, 6.45) is 7.42. The van der Waals surface area contributed by atoms with Gasteiger partial charge in [0.05, 0.1) is 0 Å². The Labute approximate surface area is 73.3 Å². The number of hydrogen-bond donors (Lipinski definition) is 1. The number of hydrogen-bond acceptors (Lipinski definition) is 2. The summed E-state index contributed by atoms with van der Waals surface area (Å²) in [5.74, 6) is 0. The average molecular weight is 167 g/mol. The monoisotopic (exact) mass is 167 g/mol. The van der Waals surface area contributed by atoms with Crippen LogP contribution in [0.15, 0.2) is 36.5 Å². The van der Waals surface area contributed by atoms with Gasteiger partial charge in [0.2, 0.25) is 0 Å². The molecular weight excluding hydrogens is 154 g/mol. The molecule has 0 saturated carbocycles. The maximum absolute atomic E-state index is 5.38. The zero-order chi connectivity index (χ0) is 8.69. The highest BCUT2D eigenvalue weighted by molar-refractivity contribution is 7.81. The summed E-state index contributed by atoms with van der Waals surface area (Å²) in [4.78, 5) is 0.767. The van der Waals surface area contributed by atoms with Crippen molar-refractivity contribution in [2.24, 2.45) is 5.73 Å². The number of thiocarbonyl (C=S) groups is 1. The standard InChI is InChI=1S/C9H13NS/c1-3-5-8(6-4-2)9(11)7-10/h3-6H,1,7,10H2,2H3/b6-4-,8-5+. The topological polar surface area (TPSA) is 26.0 Å². The van der Waals surface area contributed by atoms with Gasteiger partial charge in [-0.15, -0.1) is 0 Å². The van der Waals surface area contributed by atoms with E-state index in [0.29, 0.717) is 6.54 Å². The molecule has 0 rings (SSSR count). The Bertz CT molecular complexity index is 202. The van der Waals surface area contributed by atoms with Crippen molar-refractivity contribution in [2.75, 3.05) is 6.54 Å². The Kier molecular flexibility index (Phi) is 5.61. The third-order valence-corrected chi connectivity index (χ3v) is 1.55. The maximum atomic E-state index is 5.38. The molecule has 0 fully saturated rings. The van der Waals surface area contributed by atoms with Crippen molar-refractivity contribution in [3.63, 3.8) is 0 Å². The lowest BCUT2D eigenvalue weighted by atomic mass is 10.1. The first-order valence-corrected chi connectivity index (χ1v) is 3.85. The normalized spacial score (nSPS) is 12.0. The van der Waals surface area contributed by atoms with E-state index in [9.17, 15) is 0 Å². The molecule has 0 aliphatic rings. The zero-order valence-electron chi connectivity index (χ0n) is 6.71. The second kappa shape index (κ2) is 6.01. The van der Waals surface area contributed by atoms with Crippen LogP contribution >= 0.6 is 12.2 Å². The van der Waals surface area contributed by atoms with Gasteiger partial charge >= 0.3 is 0 Å². The largest absolute Gasteiger partial charge is 0.326 e. The molecule has 0 aromatic carbocycles. The van der Waals surface area contributed by atoms with Gasteiger partial charge in [-0.25, -0.2) is 0 Å². The van der Waals surface area contributed by atoms with Crippen LogP contribution in [0.3, 0.4) is 0 Å². The van der Waals surface area contributed by atoms with Gasteiger partial charge in [-0.1, -0.05) is 43.1 Å². The van der Waals surface area contributed by atoms with E-state index in [1.165, 1.54) is 0 Å². The van der Waals surface area contributed by atoms with Crippen LogP contribution in [0.5, 0.6) is 0 Å². The molecule has 0 atom stereocenters. The van der Waals surface area contributed by atoms with E-state index in [2.05, 4.69) is 6.58 Å². The fourth-order valence-electron chi connectivity index (χ4n) is 0.666. The minimum atomic E-state index is 0.416. The fraction of sp³-hybridized carbons (Fsp3) is 0.222. The molecule has 60 valence electrons. The zero-order valence-corrected chi connectivity index (χ0v) is 7.53. The predicted molar refractivity (Wildman–Crippen MR) is 54.7 cm³/mol. The molecule has 0 aromatic heterocycles.